The van der Waals surface area contributed by atoms with Gasteiger partial charge in [-0.25, -0.2) is 4.79 Å². The lowest BCUT2D eigenvalue weighted by atomic mass is 10.0. The molecule has 0 aliphatic carbocycles. The SMILES string of the molecule is CNC(=O)CC1CCN(c2noc(-c3ccc(OC)cc3)c2C(=O)O)C1. The summed E-state index contributed by atoms with van der Waals surface area (Å²) in [6.45, 7) is 1.21. The standard InChI is InChI=1S/C18H21N3O5/c1-19-14(22)9-11-7-8-21(10-11)17-15(18(23)24)16(26-20-17)12-3-5-13(25-2)6-4-12/h3-6,11H,7-10H2,1-2H3,(H,19,22)(H,23,24). The van der Waals surface area contributed by atoms with Crippen molar-refractivity contribution in [3.05, 3.63) is 29.8 Å². The topological polar surface area (TPSA) is 105 Å². The van der Waals surface area contributed by atoms with E-state index in [-0.39, 0.29) is 23.1 Å². The summed E-state index contributed by atoms with van der Waals surface area (Å²) in [5.74, 6) is 0.239. The van der Waals surface area contributed by atoms with E-state index in [0.29, 0.717) is 36.6 Å². The first-order chi connectivity index (χ1) is 12.5. The molecule has 1 unspecified atom stereocenters. The molecule has 0 saturated carbocycles. The van der Waals surface area contributed by atoms with Crippen LogP contribution in [0.15, 0.2) is 28.8 Å². The van der Waals surface area contributed by atoms with Gasteiger partial charge < -0.3 is 24.6 Å². The zero-order valence-electron chi connectivity index (χ0n) is 14.7. The molecule has 1 fully saturated rings. The maximum Gasteiger partial charge on any atom is 0.343 e. The summed E-state index contributed by atoms with van der Waals surface area (Å²) in [7, 11) is 3.17. The first-order valence-corrected chi connectivity index (χ1v) is 8.36. The predicted molar refractivity (Wildman–Crippen MR) is 94.5 cm³/mol. The van der Waals surface area contributed by atoms with E-state index >= 15 is 0 Å². The number of ether oxygens (including phenoxy) is 1. The largest absolute Gasteiger partial charge is 0.497 e. The second-order valence-corrected chi connectivity index (χ2v) is 6.22. The summed E-state index contributed by atoms with van der Waals surface area (Å²) in [5, 5.41) is 16.3. The molecule has 0 radical (unpaired) electrons. The van der Waals surface area contributed by atoms with Crippen LogP contribution >= 0.6 is 0 Å². The third kappa shape index (κ3) is 3.49. The minimum Gasteiger partial charge on any atom is -0.497 e. The molecule has 8 heteroatoms. The molecule has 1 amide bonds. The van der Waals surface area contributed by atoms with Gasteiger partial charge in [-0.05, 0) is 36.6 Å². The van der Waals surface area contributed by atoms with Crippen LogP contribution < -0.4 is 15.0 Å². The van der Waals surface area contributed by atoms with Gasteiger partial charge in [-0.15, -0.1) is 0 Å². The fourth-order valence-corrected chi connectivity index (χ4v) is 3.19. The molecule has 2 heterocycles. The number of carbonyl (C=O) groups excluding carboxylic acids is 1. The number of aromatic nitrogens is 1. The second kappa shape index (κ2) is 7.47. The summed E-state index contributed by atoms with van der Waals surface area (Å²) in [4.78, 5) is 25.3. The molecule has 1 aromatic heterocycles. The average Bonchev–Trinajstić information content (AvgIpc) is 3.28. The minimum absolute atomic E-state index is 0.0191. The second-order valence-electron chi connectivity index (χ2n) is 6.22. The number of hydrogen-bond acceptors (Lipinski definition) is 6. The summed E-state index contributed by atoms with van der Waals surface area (Å²) in [5.41, 5.74) is 0.652. The van der Waals surface area contributed by atoms with Gasteiger partial charge in [0, 0.05) is 32.1 Å². The Balaban J connectivity index is 1.86. The Bertz CT molecular complexity index is 800. The van der Waals surface area contributed by atoms with Gasteiger partial charge in [0.2, 0.25) is 5.91 Å². The van der Waals surface area contributed by atoms with Crippen molar-refractivity contribution in [3.8, 4) is 17.1 Å². The molecule has 1 saturated heterocycles. The van der Waals surface area contributed by atoms with Gasteiger partial charge in [-0.3, -0.25) is 4.79 Å². The molecule has 1 aliphatic rings. The highest BCUT2D eigenvalue weighted by Gasteiger charge is 2.32. The third-order valence-electron chi connectivity index (χ3n) is 4.58. The Hall–Kier alpha value is -3.03. The quantitative estimate of drug-likeness (QED) is 0.813. The number of anilines is 1. The predicted octanol–water partition coefficient (Wildman–Crippen LogP) is 2.01. The van der Waals surface area contributed by atoms with Crippen LogP contribution in [-0.2, 0) is 4.79 Å². The first kappa shape index (κ1) is 17.8. The summed E-state index contributed by atoms with van der Waals surface area (Å²) >= 11 is 0. The van der Waals surface area contributed by atoms with E-state index in [1.54, 1.807) is 38.4 Å². The van der Waals surface area contributed by atoms with Crippen molar-refractivity contribution in [2.24, 2.45) is 5.92 Å². The van der Waals surface area contributed by atoms with Crippen LogP contribution in [0.25, 0.3) is 11.3 Å². The Kier molecular flexibility index (Phi) is 5.11. The van der Waals surface area contributed by atoms with Crippen LogP contribution in [0.3, 0.4) is 0 Å². The molecule has 1 atom stereocenters. The molecular formula is C18H21N3O5. The van der Waals surface area contributed by atoms with Gasteiger partial charge in [0.25, 0.3) is 0 Å². The molecule has 3 rings (SSSR count). The lowest BCUT2D eigenvalue weighted by Gasteiger charge is -2.15. The van der Waals surface area contributed by atoms with Crippen LogP contribution in [0.2, 0.25) is 0 Å². The highest BCUT2D eigenvalue weighted by atomic mass is 16.5. The van der Waals surface area contributed by atoms with Gasteiger partial charge in [0.1, 0.15) is 5.75 Å². The molecule has 0 bridgehead atoms. The number of nitrogens with one attached hydrogen (secondary N) is 1. The Morgan fingerprint density at radius 2 is 2.12 bits per heavy atom. The molecule has 1 aromatic carbocycles. The van der Waals surface area contributed by atoms with Crippen molar-refractivity contribution in [2.75, 3.05) is 32.1 Å². The van der Waals surface area contributed by atoms with Gasteiger partial charge in [-0.1, -0.05) is 5.16 Å². The third-order valence-corrected chi connectivity index (χ3v) is 4.58. The van der Waals surface area contributed by atoms with Crippen molar-refractivity contribution in [1.29, 1.82) is 0 Å². The van der Waals surface area contributed by atoms with Gasteiger partial charge in [0.05, 0.1) is 7.11 Å². The van der Waals surface area contributed by atoms with Crippen LogP contribution in [0.5, 0.6) is 5.75 Å². The number of rotatable bonds is 6. The van der Waals surface area contributed by atoms with Crippen molar-refractivity contribution in [2.45, 2.75) is 12.8 Å². The number of methoxy groups -OCH3 is 1. The number of carbonyl (C=O) groups is 2. The Labute approximate surface area is 150 Å². The molecule has 2 N–H and O–H groups in total. The smallest absolute Gasteiger partial charge is 0.343 e. The molecule has 1 aliphatic heterocycles. The summed E-state index contributed by atoms with van der Waals surface area (Å²) in [6, 6.07) is 6.93. The maximum absolute atomic E-state index is 11.8. The normalized spacial score (nSPS) is 16.5. The van der Waals surface area contributed by atoms with Crippen molar-refractivity contribution in [1.82, 2.24) is 10.5 Å². The van der Waals surface area contributed by atoms with Crippen LogP contribution in [-0.4, -0.2) is 49.4 Å². The van der Waals surface area contributed by atoms with E-state index in [9.17, 15) is 14.7 Å². The van der Waals surface area contributed by atoms with E-state index < -0.39 is 5.97 Å². The number of carboxylic acids is 1. The minimum atomic E-state index is -1.10. The highest BCUT2D eigenvalue weighted by molar-refractivity contribution is 5.99. The molecule has 138 valence electrons. The van der Waals surface area contributed by atoms with Gasteiger partial charge in [0.15, 0.2) is 17.1 Å². The van der Waals surface area contributed by atoms with Crippen LogP contribution in [0.4, 0.5) is 5.82 Å². The van der Waals surface area contributed by atoms with Gasteiger partial charge >= 0.3 is 5.97 Å². The van der Waals surface area contributed by atoms with Crippen LogP contribution in [0.1, 0.15) is 23.2 Å². The molecule has 2 aromatic rings. The lowest BCUT2D eigenvalue weighted by Crippen LogP contribution is -2.25. The van der Waals surface area contributed by atoms with Gasteiger partial charge in [-0.2, -0.15) is 0 Å². The van der Waals surface area contributed by atoms with Crippen molar-refractivity contribution < 1.29 is 24.0 Å². The van der Waals surface area contributed by atoms with E-state index in [1.165, 1.54) is 0 Å². The fourth-order valence-electron chi connectivity index (χ4n) is 3.19. The zero-order chi connectivity index (χ0) is 18.7. The number of nitrogens with zero attached hydrogens (tertiary/aromatic N) is 2. The monoisotopic (exact) mass is 359 g/mol. The maximum atomic E-state index is 11.8. The Morgan fingerprint density at radius 3 is 2.73 bits per heavy atom. The summed E-state index contributed by atoms with van der Waals surface area (Å²) < 4.78 is 10.5. The van der Waals surface area contributed by atoms with E-state index in [1.807, 2.05) is 4.90 Å². The fraction of sp³-hybridized carbons (Fsp3) is 0.389. The van der Waals surface area contributed by atoms with Crippen LogP contribution in [0, 0.1) is 5.92 Å². The number of amides is 1. The van der Waals surface area contributed by atoms with Crippen molar-refractivity contribution >= 4 is 17.7 Å². The molecule has 26 heavy (non-hydrogen) atoms. The average molecular weight is 359 g/mol. The number of benzene rings is 1. The number of hydrogen-bond donors (Lipinski definition) is 2. The highest BCUT2D eigenvalue weighted by Crippen LogP contribution is 2.35. The summed E-state index contributed by atoms with van der Waals surface area (Å²) in [6.07, 6.45) is 1.22. The van der Waals surface area contributed by atoms with E-state index in [0.717, 1.165) is 6.42 Å². The Morgan fingerprint density at radius 1 is 1.38 bits per heavy atom. The number of carboxylic acid groups (broad SMARTS) is 1. The molecule has 8 nitrogen and oxygen atoms in total. The first-order valence-electron chi connectivity index (χ1n) is 8.36. The lowest BCUT2D eigenvalue weighted by molar-refractivity contribution is -0.121. The van der Waals surface area contributed by atoms with Crippen molar-refractivity contribution in [3.63, 3.8) is 0 Å². The van der Waals surface area contributed by atoms with E-state index in [4.69, 9.17) is 9.26 Å². The molecule has 0 spiro atoms. The number of aromatic carboxylic acids is 1. The van der Waals surface area contributed by atoms with E-state index in [2.05, 4.69) is 10.5 Å². The molecular weight excluding hydrogens is 338 g/mol. The zero-order valence-corrected chi connectivity index (χ0v) is 14.7.